The van der Waals surface area contributed by atoms with E-state index in [2.05, 4.69) is 0 Å². The third-order valence-electron chi connectivity index (χ3n) is 4.03. The Balaban J connectivity index is 3.22. The van der Waals surface area contributed by atoms with E-state index in [0.29, 0.717) is 6.42 Å². The summed E-state index contributed by atoms with van der Waals surface area (Å²) in [6.07, 6.45) is 2.01. The minimum absolute atomic E-state index is 0.0868. The predicted molar refractivity (Wildman–Crippen MR) is 101 cm³/mol. The normalized spacial score (nSPS) is 13.6. The Kier molecular flexibility index (Phi) is 9.44. The van der Waals surface area contributed by atoms with Gasteiger partial charge in [-0.25, -0.2) is 4.79 Å². The number of Topliss-reactive ketones (excluding diaryl/α,β-unsaturated/α-hetero) is 1. The van der Waals surface area contributed by atoms with Gasteiger partial charge in [-0.2, -0.15) is 0 Å². The first-order chi connectivity index (χ1) is 12.9. The first-order valence-corrected chi connectivity index (χ1v) is 9.11. The molecular weight excluding hydrogens is 348 g/mol. The molecule has 1 rings (SSSR count). The highest BCUT2D eigenvalue weighted by atomic mass is 16.5. The minimum atomic E-state index is -1.30. The van der Waals surface area contributed by atoms with Crippen LogP contribution >= 0.6 is 0 Å². The van der Waals surface area contributed by atoms with Gasteiger partial charge in [-0.3, -0.25) is 9.59 Å². The van der Waals surface area contributed by atoms with Gasteiger partial charge in [0.25, 0.3) is 0 Å². The zero-order chi connectivity index (χ0) is 20.3. The number of hydrogen-bond donors (Lipinski definition) is 0. The number of esters is 2. The van der Waals surface area contributed by atoms with Gasteiger partial charge in [-0.05, 0) is 25.0 Å². The summed E-state index contributed by atoms with van der Waals surface area (Å²) in [5.41, 5.74) is -0.304. The monoisotopic (exact) mass is 376 g/mol. The molecule has 1 aromatic carbocycles. The minimum Gasteiger partial charge on any atom is -0.463 e. The first kappa shape index (κ1) is 22.6. The molecule has 6 heteroatoms. The summed E-state index contributed by atoms with van der Waals surface area (Å²) >= 11 is 0. The van der Waals surface area contributed by atoms with Crippen LogP contribution in [-0.2, 0) is 35.2 Å². The largest absolute Gasteiger partial charge is 0.463 e. The number of carbonyl (C=O) groups is 3. The summed E-state index contributed by atoms with van der Waals surface area (Å²) in [4.78, 5) is 36.2. The molecule has 148 valence electrons. The lowest BCUT2D eigenvalue weighted by Crippen LogP contribution is -2.40. The van der Waals surface area contributed by atoms with Gasteiger partial charge in [0.1, 0.15) is 12.2 Å². The van der Waals surface area contributed by atoms with Crippen molar-refractivity contribution >= 4 is 17.7 Å². The molecule has 1 unspecified atom stereocenters. The first-order valence-electron chi connectivity index (χ1n) is 9.11. The lowest BCUT2D eigenvalue weighted by atomic mass is 9.90. The van der Waals surface area contributed by atoms with Crippen molar-refractivity contribution in [3.05, 3.63) is 47.5 Å². The molecule has 0 aromatic heterocycles. The second-order valence-electron chi connectivity index (χ2n) is 5.96. The quantitative estimate of drug-likeness (QED) is 0.435. The van der Waals surface area contributed by atoms with Gasteiger partial charge >= 0.3 is 11.9 Å². The highest BCUT2D eigenvalue weighted by Crippen LogP contribution is 2.25. The van der Waals surface area contributed by atoms with E-state index in [0.717, 1.165) is 5.56 Å². The van der Waals surface area contributed by atoms with E-state index in [1.165, 1.54) is 13.0 Å². The maximum atomic E-state index is 12.7. The number of ketones is 1. The summed E-state index contributed by atoms with van der Waals surface area (Å²) in [6, 6.07) is 9.45. The van der Waals surface area contributed by atoms with E-state index < -0.39 is 17.5 Å². The van der Waals surface area contributed by atoms with Crippen LogP contribution in [-0.4, -0.2) is 36.5 Å². The molecule has 0 radical (unpaired) electrons. The molecule has 0 aliphatic rings. The van der Waals surface area contributed by atoms with E-state index in [4.69, 9.17) is 14.2 Å². The molecule has 0 saturated carbocycles. The van der Waals surface area contributed by atoms with Crippen LogP contribution in [0.15, 0.2) is 42.0 Å². The molecule has 0 N–H and O–H groups in total. The molecule has 0 fully saturated rings. The fourth-order valence-electron chi connectivity index (χ4n) is 2.53. The van der Waals surface area contributed by atoms with Gasteiger partial charge in [0.15, 0.2) is 5.78 Å². The lowest BCUT2D eigenvalue weighted by molar-refractivity contribution is -0.143. The van der Waals surface area contributed by atoms with Crippen LogP contribution in [0.25, 0.3) is 0 Å². The average Bonchev–Trinajstić information content (AvgIpc) is 2.68. The fraction of sp³-hybridized carbons (Fsp3) is 0.476. The summed E-state index contributed by atoms with van der Waals surface area (Å²) in [6.45, 7) is 6.58. The van der Waals surface area contributed by atoms with Gasteiger partial charge < -0.3 is 14.2 Å². The Morgan fingerprint density at radius 3 is 2.22 bits per heavy atom. The molecule has 0 aliphatic carbocycles. The molecule has 6 nitrogen and oxygen atoms in total. The van der Waals surface area contributed by atoms with Crippen LogP contribution in [0, 0.1) is 0 Å². The van der Waals surface area contributed by atoms with Crippen LogP contribution in [0.2, 0.25) is 0 Å². The van der Waals surface area contributed by atoms with Crippen molar-refractivity contribution in [3.8, 4) is 0 Å². The van der Waals surface area contributed by atoms with Crippen molar-refractivity contribution in [2.75, 3.05) is 13.2 Å². The Bertz CT molecular complexity index is 665. The molecule has 0 saturated heterocycles. The maximum Gasteiger partial charge on any atom is 0.337 e. The summed E-state index contributed by atoms with van der Waals surface area (Å²) in [5, 5.41) is 0. The van der Waals surface area contributed by atoms with Crippen LogP contribution in [0.5, 0.6) is 0 Å². The fourth-order valence-corrected chi connectivity index (χ4v) is 2.53. The van der Waals surface area contributed by atoms with Crippen molar-refractivity contribution in [1.29, 1.82) is 0 Å². The molecular formula is C21H28O6. The van der Waals surface area contributed by atoms with Gasteiger partial charge in [0, 0.05) is 13.3 Å². The van der Waals surface area contributed by atoms with Gasteiger partial charge in [0.2, 0.25) is 0 Å². The van der Waals surface area contributed by atoms with E-state index in [9.17, 15) is 14.4 Å². The number of rotatable bonds is 11. The SMILES string of the molecule is CCOC(=O)C(=CC(CC)(OCc1ccccc1)C(=O)CC)COC(C)=O. The van der Waals surface area contributed by atoms with Crippen LogP contribution < -0.4 is 0 Å². The molecule has 1 aromatic rings. The van der Waals surface area contributed by atoms with Gasteiger partial charge in [-0.15, -0.1) is 0 Å². The summed E-state index contributed by atoms with van der Waals surface area (Å²) in [5.74, 6) is -1.33. The van der Waals surface area contributed by atoms with Crippen molar-refractivity contribution in [3.63, 3.8) is 0 Å². The molecule has 27 heavy (non-hydrogen) atoms. The number of ether oxygens (including phenoxy) is 3. The van der Waals surface area contributed by atoms with Crippen LogP contribution in [0.3, 0.4) is 0 Å². The van der Waals surface area contributed by atoms with Crippen molar-refractivity contribution in [1.82, 2.24) is 0 Å². The average molecular weight is 376 g/mol. The van der Waals surface area contributed by atoms with Crippen LogP contribution in [0.4, 0.5) is 0 Å². The molecule has 1 atom stereocenters. The molecule has 0 heterocycles. The standard InChI is InChI=1S/C21H28O6/c1-5-19(23)21(6-2,27-14-17-11-9-8-10-12-17)13-18(15-26-16(4)22)20(24)25-7-3/h8-13H,5-7,14-15H2,1-4H3. The zero-order valence-electron chi connectivity index (χ0n) is 16.4. The molecule has 0 spiro atoms. The third kappa shape index (κ3) is 6.98. The van der Waals surface area contributed by atoms with E-state index in [1.54, 1.807) is 13.8 Å². The van der Waals surface area contributed by atoms with Crippen molar-refractivity contribution < 1.29 is 28.6 Å². The van der Waals surface area contributed by atoms with Gasteiger partial charge in [0.05, 0.1) is 18.8 Å². The lowest BCUT2D eigenvalue weighted by Gasteiger charge is -2.29. The third-order valence-corrected chi connectivity index (χ3v) is 4.03. The van der Waals surface area contributed by atoms with E-state index >= 15 is 0 Å². The summed E-state index contributed by atoms with van der Waals surface area (Å²) in [7, 11) is 0. The topological polar surface area (TPSA) is 78.9 Å². The van der Waals surface area contributed by atoms with Crippen molar-refractivity contribution in [2.45, 2.75) is 52.7 Å². The Morgan fingerprint density at radius 2 is 1.70 bits per heavy atom. The molecule has 0 bridgehead atoms. The zero-order valence-corrected chi connectivity index (χ0v) is 16.4. The maximum absolute atomic E-state index is 12.7. The number of carbonyl (C=O) groups excluding carboxylic acids is 3. The highest BCUT2D eigenvalue weighted by molar-refractivity contribution is 5.94. The van der Waals surface area contributed by atoms with E-state index in [-0.39, 0.29) is 37.6 Å². The second-order valence-corrected chi connectivity index (χ2v) is 5.96. The number of hydrogen-bond acceptors (Lipinski definition) is 6. The molecule has 0 amide bonds. The smallest absolute Gasteiger partial charge is 0.337 e. The Hall–Kier alpha value is -2.47. The van der Waals surface area contributed by atoms with Crippen molar-refractivity contribution in [2.24, 2.45) is 0 Å². The highest BCUT2D eigenvalue weighted by Gasteiger charge is 2.36. The Morgan fingerprint density at radius 1 is 1.04 bits per heavy atom. The second kappa shape index (κ2) is 11.3. The van der Waals surface area contributed by atoms with E-state index in [1.807, 2.05) is 37.3 Å². The number of benzene rings is 1. The molecule has 0 aliphatic heterocycles. The van der Waals surface area contributed by atoms with Crippen LogP contribution in [0.1, 0.15) is 46.1 Å². The summed E-state index contributed by atoms with van der Waals surface area (Å²) < 4.78 is 16.0. The predicted octanol–water partition coefficient (Wildman–Crippen LogP) is 3.38. The van der Waals surface area contributed by atoms with Gasteiger partial charge in [-0.1, -0.05) is 44.2 Å². The Labute approximate surface area is 160 Å².